The van der Waals surface area contributed by atoms with Gasteiger partial charge in [-0.1, -0.05) is 0 Å². The normalized spacial score (nSPS) is 11.6. The molecule has 24 heavy (non-hydrogen) atoms. The van der Waals surface area contributed by atoms with Crippen LogP contribution in [0.4, 0.5) is 18.0 Å². The van der Waals surface area contributed by atoms with Gasteiger partial charge in [0.1, 0.15) is 18.0 Å². The lowest BCUT2D eigenvalue weighted by molar-refractivity contribution is 0.195. The van der Waals surface area contributed by atoms with E-state index in [9.17, 15) is 22.8 Å². The summed E-state index contributed by atoms with van der Waals surface area (Å²) in [5, 5.41) is 14.1. The van der Waals surface area contributed by atoms with Crippen LogP contribution in [-0.4, -0.2) is 32.1 Å². The van der Waals surface area contributed by atoms with Crippen LogP contribution in [0.3, 0.4) is 0 Å². The fourth-order valence-electron chi connectivity index (χ4n) is 1.82. The minimum Gasteiger partial charge on any atom is -0.465 e. The number of carboxylic acid groups (broad SMARTS) is 1. The maximum absolute atomic E-state index is 13.9. The van der Waals surface area contributed by atoms with Gasteiger partial charge < -0.3 is 10.4 Å². The van der Waals surface area contributed by atoms with E-state index < -0.39 is 23.4 Å². The number of halogens is 4. The molecule has 2 N–H and O–H groups in total. The molecule has 0 fully saturated rings. The molecule has 1 amide bonds. The second-order valence-corrected chi connectivity index (χ2v) is 5.44. The molecule has 0 saturated heterocycles. The standard InChI is InChI=1S/C13H10BrF3N4O3/c14-8-1-10(17)11(2-9(8)16)20-6-19-21(13(20)24)5-7(3-15)4-18-12(22)23/h1-3,6,18H,4-5H2,(H,22,23). The summed E-state index contributed by atoms with van der Waals surface area (Å²) < 4.78 is 41.6. The summed E-state index contributed by atoms with van der Waals surface area (Å²) in [6.45, 7) is -0.713. The number of benzene rings is 1. The Labute approximate surface area is 141 Å². The van der Waals surface area contributed by atoms with E-state index in [0.717, 1.165) is 27.7 Å². The van der Waals surface area contributed by atoms with Crippen LogP contribution in [0.15, 0.2) is 39.6 Å². The summed E-state index contributed by atoms with van der Waals surface area (Å²) in [6.07, 6.45) is -0.268. The first kappa shape index (κ1) is 17.8. The Bertz CT molecular complexity index is 863. The fourth-order valence-corrected chi connectivity index (χ4v) is 2.13. The van der Waals surface area contributed by atoms with Crippen LogP contribution < -0.4 is 11.0 Å². The Morgan fingerprint density at radius 2 is 2.08 bits per heavy atom. The van der Waals surface area contributed by atoms with E-state index in [1.807, 2.05) is 5.32 Å². The van der Waals surface area contributed by atoms with Crippen molar-refractivity contribution in [3.05, 3.63) is 57.0 Å². The Morgan fingerprint density at radius 1 is 1.38 bits per heavy atom. The van der Waals surface area contributed by atoms with Gasteiger partial charge >= 0.3 is 11.8 Å². The average molecular weight is 407 g/mol. The zero-order chi connectivity index (χ0) is 17.9. The highest BCUT2D eigenvalue weighted by Gasteiger charge is 2.15. The molecule has 11 heteroatoms. The van der Waals surface area contributed by atoms with E-state index >= 15 is 0 Å². The van der Waals surface area contributed by atoms with Crippen LogP contribution in [0.5, 0.6) is 0 Å². The highest BCUT2D eigenvalue weighted by Crippen LogP contribution is 2.21. The average Bonchev–Trinajstić information content (AvgIpc) is 2.88. The molecule has 0 aliphatic carbocycles. The first-order valence-electron chi connectivity index (χ1n) is 6.37. The Kier molecular flexibility index (Phi) is 5.44. The zero-order valence-electron chi connectivity index (χ0n) is 11.8. The number of aromatic nitrogens is 3. The largest absolute Gasteiger partial charge is 0.465 e. The van der Waals surface area contributed by atoms with Gasteiger partial charge in [-0.3, -0.25) is 0 Å². The van der Waals surface area contributed by atoms with Crippen molar-refractivity contribution in [2.75, 3.05) is 6.54 Å². The Balaban J connectivity index is 2.31. The number of nitrogens with zero attached hydrogens (tertiary/aromatic N) is 3. The molecule has 0 atom stereocenters. The lowest BCUT2D eigenvalue weighted by atomic mass is 10.3. The van der Waals surface area contributed by atoms with Crippen molar-refractivity contribution in [1.29, 1.82) is 0 Å². The smallest absolute Gasteiger partial charge is 0.404 e. The predicted molar refractivity (Wildman–Crippen MR) is 80.7 cm³/mol. The maximum atomic E-state index is 13.9. The molecule has 0 spiro atoms. The number of hydrogen-bond donors (Lipinski definition) is 2. The number of amides is 1. The topological polar surface area (TPSA) is 89.2 Å². The van der Waals surface area contributed by atoms with Crippen LogP contribution in [0, 0.1) is 11.6 Å². The van der Waals surface area contributed by atoms with Crippen molar-refractivity contribution in [1.82, 2.24) is 19.7 Å². The lowest BCUT2D eigenvalue weighted by Gasteiger charge is -2.06. The van der Waals surface area contributed by atoms with Gasteiger partial charge in [0, 0.05) is 12.6 Å². The van der Waals surface area contributed by atoms with Gasteiger partial charge in [0.15, 0.2) is 0 Å². The van der Waals surface area contributed by atoms with Crippen molar-refractivity contribution >= 4 is 22.0 Å². The second-order valence-electron chi connectivity index (χ2n) is 4.58. The van der Waals surface area contributed by atoms with Gasteiger partial charge in [-0.25, -0.2) is 32.0 Å². The van der Waals surface area contributed by atoms with Gasteiger partial charge in [-0.2, -0.15) is 5.10 Å². The van der Waals surface area contributed by atoms with Crippen molar-refractivity contribution in [2.24, 2.45) is 0 Å². The van der Waals surface area contributed by atoms with Crippen LogP contribution >= 0.6 is 15.9 Å². The Hall–Kier alpha value is -2.56. The summed E-state index contributed by atoms with van der Waals surface area (Å²) in [7, 11) is 0. The maximum Gasteiger partial charge on any atom is 0.404 e. The second kappa shape index (κ2) is 7.34. The third-order valence-corrected chi connectivity index (χ3v) is 3.56. The monoisotopic (exact) mass is 406 g/mol. The van der Waals surface area contributed by atoms with Crippen LogP contribution in [0.25, 0.3) is 5.69 Å². The van der Waals surface area contributed by atoms with Crippen molar-refractivity contribution < 1.29 is 23.1 Å². The highest BCUT2D eigenvalue weighted by molar-refractivity contribution is 9.10. The van der Waals surface area contributed by atoms with Crippen LogP contribution in [0.1, 0.15) is 0 Å². The zero-order valence-corrected chi connectivity index (χ0v) is 13.4. The number of hydrogen-bond acceptors (Lipinski definition) is 3. The number of nitrogens with one attached hydrogen (secondary N) is 1. The first-order chi connectivity index (χ1) is 11.3. The molecule has 1 aromatic heterocycles. The summed E-state index contributed by atoms with van der Waals surface area (Å²) in [5.74, 6) is -1.64. The van der Waals surface area contributed by atoms with Gasteiger partial charge in [-0.15, -0.1) is 0 Å². The molecule has 1 aromatic carbocycles. The van der Waals surface area contributed by atoms with Crippen LogP contribution in [-0.2, 0) is 6.54 Å². The molecule has 2 aromatic rings. The van der Waals surface area contributed by atoms with Gasteiger partial charge in [0.05, 0.1) is 23.0 Å². The van der Waals surface area contributed by atoms with Gasteiger partial charge in [-0.05, 0) is 27.6 Å². The molecule has 0 unspecified atom stereocenters. The molecule has 1 heterocycles. The predicted octanol–water partition coefficient (Wildman–Crippen LogP) is 2.20. The quantitative estimate of drug-likeness (QED) is 0.744. The van der Waals surface area contributed by atoms with E-state index in [1.165, 1.54) is 0 Å². The van der Waals surface area contributed by atoms with E-state index in [-0.39, 0.29) is 35.2 Å². The molecular weight excluding hydrogens is 397 g/mol. The third-order valence-electron chi connectivity index (χ3n) is 2.96. The summed E-state index contributed by atoms with van der Waals surface area (Å²) in [6, 6.07) is 1.67. The first-order valence-corrected chi connectivity index (χ1v) is 7.17. The molecule has 7 nitrogen and oxygen atoms in total. The molecule has 0 bridgehead atoms. The van der Waals surface area contributed by atoms with Gasteiger partial charge in [0.2, 0.25) is 0 Å². The van der Waals surface area contributed by atoms with E-state index in [1.54, 1.807) is 0 Å². The van der Waals surface area contributed by atoms with E-state index in [4.69, 9.17) is 5.11 Å². The SMILES string of the molecule is O=C(O)NCC(=CF)Cn1ncn(-c2cc(F)c(Br)cc2F)c1=O. The van der Waals surface area contributed by atoms with Crippen LogP contribution in [0.2, 0.25) is 0 Å². The van der Waals surface area contributed by atoms with Crippen molar-refractivity contribution in [3.8, 4) is 5.69 Å². The molecule has 0 radical (unpaired) electrons. The molecule has 0 saturated carbocycles. The summed E-state index contributed by atoms with van der Waals surface area (Å²) in [4.78, 5) is 22.6. The highest BCUT2D eigenvalue weighted by atomic mass is 79.9. The number of carbonyl (C=O) groups is 1. The summed E-state index contributed by atoms with van der Waals surface area (Å²) >= 11 is 2.82. The lowest BCUT2D eigenvalue weighted by Crippen LogP contribution is -2.29. The van der Waals surface area contributed by atoms with Crippen molar-refractivity contribution in [3.63, 3.8) is 0 Å². The Morgan fingerprint density at radius 3 is 2.71 bits per heavy atom. The van der Waals surface area contributed by atoms with Gasteiger partial charge in [0.25, 0.3) is 0 Å². The third kappa shape index (κ3) is 3.85. The molecule has 128 valence electrons. The van der Waals surface area contributed by atoms with Crippen molar-refractivity contribution in [2.45, 2.75) is 6.54 Å². The fraction of sp³-hybridized carbons (Fsp3) is 0.154. The minimum atomic E-state index is -1.36. The summed E-state index contributed by atoms with van der Waals surface area (Å²) in [5.41, 5.74) is -1.28. The van der Waals surface area contributed by atoms with E-state index in [0.29, 0.717) is 0 Å². The molecule has 0 aliphatic rings. The minimum absolute atomic E-state index is 0.0767. The molecular formula is C13H10BrF3N4O3. The van der Waals surface area contributed by atoms with E-state index in [2.05, 4.69) is 21.0 Å². The molecule has 0 aliphatic heterocycles. The molecule has 2 rings (SSSR count). The number of rotatable bonds is 5.